The third-order valence-corrected chi connectivity index (χ3v) is 5.30. The number of aromatic nitrogens is 1. The average Bonchev–Trinajstić information content (AvgIpc) is 3.13. The van der Waals surface area contributed by atoms with Gasteiger partial charge in [0.05, 0.1) is 12.3 Å². The fourth-order valence-electron chi connectivity index (χ4n) is 2.20. The van der Waals surface area contributed by atoms with Crippen LogP contribution in [0.2, 0.25) is 0 Å². The molecule has 1 unspecified atom stereocenters. The lowest BCUT2D eigenvalue weighted by Crippen LogP contribution is -2.51. The highest BCUT2D eigenvalue weighted by Crippen LogP contribution is 2.30. The molecule has 0 aliphatic carbocycles. The Morgan fingerprint density at radius 3 is 2.42 bits per heavy atom. The number of carbonyl (C=O) groups is 1. The summed E-state index contributed by atoms with van der Waals surface area (Å²) in [5.74, 6) is -0.432. The first-order chi connectivity index (χ1) is 12.4. The standard InChI is InChI=1S/C19H18BrN3O2S/c1-19(21,11-24)18(25)22-15-8-4-12(5-9-15)16-10-26-17(23-16)13-2-6-14(20)7-3-13/h2-10,24H,11,21H2,1H3,(H,22,25). The summed E-state index contributed by atoms with van der Waals surface area (Å²) in [6, 6.07) is 15.4. The smallest absolute Gasteiger partial charge is 0.246 e. The highest BCUT2D eigenvalue weighted by molar-refractivity contribution is 9.10. The maximum absolute atomic E-state index is 12.0. The zero-order valence-corrected chi connectivity index (χ0v) is 16.5. The second-order valence-electron chi connectivity index (χ2n) is 6.15. The monoisotopic (exact) mass is 431 g/mol. The molecule has 1 heterocycles. The van der Waals surface area contributed by atoms with Gasteiger partial charge in [0.1, 0.15) is 10.5 Å². The van der Waals surface area contributed by atoms with Crippen LogP contribution in [0.3, 0.4) is 0 Å². The minimum Gasteiger partial charge on any atom is -0.394 e. The zero-order valence-electron chi connectivity index (χ0n) is 14.1. The normalized spacial score (nSPS) is 13.2. The molecule has 134 valence electrons. The number of amides is 1. The van der Waals surface area contributed by atoms with Gasteiger partial charge in [-0.1, -0.05) is 40.2 Å². The Hall–Kier alpha value is -2.06. The number of thiazole rings is 1. The molecule has 0 aliphatic heterocycles. The Bertz CT molecular complexity index is 905. The molecule has 0 spiro atoms. The van der Waals surface area contributed by atoms with Crippen molar-refractivity contribution in [1.29, 1.82) is 0 Å². The molecule has 26 heavy (non-hydrogen) atoms. The van der Waals surface area contributed by atoms with E-state index in [4.69, 9.17) is 10.8 Å². The van der Waals surface area contributed by atoms with Gasteiger partial charge >= 0.3 is 0 Å². The molecule has 0 radical (unpaired) electrons. The minimum atomic E-state index is -1.31. The van der Waals surface area contributed by atoms with Gasteiger partial charge in [0.15, 0.2) is 0 Å². The first-order valence-corrected chi connectivity index (χ1v) is 9.59. The summed E-state index contributed by atoms with van der Waals surface area (Å²) in [7, 11) is 0. The lowest BCUT2D eigenvalue weighted by atomic mass is 10.0. The van der Waals surface area contributed by atoms with Gasteiger partial charge in [-0.15, -0.1) is 11.3 Å². The maximum Gasteiger partial charge on any atom is 0.246 e. The molecule has 7 heteroatoms. The summed E-state index contributed by atoms with van der Waals surface area (Å²) in [6.45, 7) is 1.06. The maximum atomic E-state index is 12.0. The molecular formula is C19H18BrN3O2S. The van der Waals surface area contributed by atoms with E-state index in [9.17, 15) is 4.79 Å². The molecule has 0 bridgehead atoms. The summed E-state index contributed by atoms with van der Waals surface area (Å²) < 4.78 is 1.03. The lowest BCUT2D eigenvalue weighted by Gasteiger charge is -2.20. The van der Waals surface area contributed by atoms with Crippen molar-refractivity contribution in [2.24, 2.45) is 5.73 Å². The summed E-state index contributed by atoms with van der Waals surface area (Å²) in [6.07, 6.45) is 0. The number of hydrogen-bond acceptors (Lipinski definition) is 5. The minimum absolute atomic E-state index is 0.422. The fourth-order valence-corrected chi connectivity index (χ4v) is 3.30. The molecule has 4 N–H and O–H groups in total. The Morgan fingerprint density at radius 2 is 1.81 bits per heavy atom. The highest BCUT2D eigenvalue weighted by atomic mass is 79.9. The van der Waals surface area contributed by atoms with E-state index in [-0.39, 0.29) is 0 Å². The first kappa shape index (κ1) is 18.7. The van der Waals surface area contributed by atoms with Gasteiger partial charge in [-0.3, -0.25) is 4.79 Å². The van der Waals surface area contributed by atoms with Crippen molar-refractivity contribution >= 4 is 38.9 Å². The topological polar surface area (TPSA) is 88.2 Å². The number of benzene rings is 2. The zero-order chi connectivity index (χ0) is 18.7. The van der Waals surface area contributed by atoms with Gasteiger partial charge < -0.3 is 16.2 Å². The number of aliphatic hydroxyl groups is 1. The number of halogens is 1. The lowest BCUT2D eigenvalue weighted by molar-refractivity contribution is -0.121. The highest BCUT2D eigenvalue weighted by Gasteiger charge is 2.27. The Labute approximate surface area is 164 Å². The van der Waals surface area contributed by atoms with Crippen molar-refractivity contribution in [3.63, 3.8) is 0 Å². The van der Waals surface area contributed by atoms with E-state index in [2.05, 4.69) is 26.2 Å². The van der Waals surface area contributed by atoms with Crippen LogP contribution in [0.15, 0.2) is 58.4 Å². The number of anilines is 1. The van der Waals surface area contributed by atoms with Gasteiger partial charge in [0, 0.05) is 26.7 Å². The predicted molar refractivity (Wildman–Crippen MR) is 109 cm³/mol. The third-order valence-electron chi connectivity index (χ3n) is 3.88. The van der Waals surface area contributed by atoms with Crippen LogP contribution < -0.4 is 11.1 Å². The summed E-state index contributed by atoms with van der Waals surface area (Å²) in [5.41, 5.74) is 7.93. The van der Waals surface area contributed by atoms with E-state index in [1.165, 1.54) is 6.92 Å². The van der Waals surface area contributed by atoms with Crippen molar-refractivity contribution in [2.75, 3.05) is 11.9 Å². The third kappa shape index (κ3) is 4.19. The quantitative estimate of drug-likeness (QED) is 0.571. The van der Waals surface area contributed by atoms with Crippen molar-refractivity contribution < 1.29 is 9.90 Å². The molecule has 1 amide bonds. The molecule has 0 fully saturated rings. The average molecular weight is 432 g/mol. The number of nitrogens with one attached hydrogen (secondary N) is 1. The second-order valence-corrected chi connectivity index (χ2v) is 7.93. The Morgan fingerprint density at radius 1 is 1.19 bits per heavy atom. The number of nitrogens with two attached hydrogens (primary N) is 1. The van der Waals surface area contributed by atoms with Gasteiger partial charge in [-0.05, 0) is 31.2 Å². The van der Waals surface area contributed by atoms with Gasteiger partial charge in [-0.2, -0.15) is 0 Å². The largest absolute Gasteiger partial charge is 0.394 e. The van der Waals surface area contributed by atoms with Crippen LogP contribution in [-0.2, 0) is 4.79 Å². The number of nitrogens with zero attached hydrogens (tertiary/aromatic N) is 1. The molecule has 1 atom stereocenters. The van der Waals surface area contributed by atoms with Crippen LogP contribution in [0.4, 0.5) is 5.69 Å². The van der Waals surface area contributed by atoms with E-state index < -0.39 is 18.1 Å². The van der Waals surface area contributed by atoms with Crippen LogP contribution in [-0.4, -0.2) is 28.1 Å². The molecule has 5 nitrogen and oxygen atoms in total. The number of aliphatic hydroxyl groups excluding tert-OH is 1. The van der Waals surface area contributed by atoms with Crippen LogP contribution in [0.1, 0.15) is 6.92 Å². The summed E-state index contributed by atoms with van der Waals surface area (Å²) >= 11 is 5.02. The number of carbonyl (C=O) groups excluding carboxylic acids is 1. The molecule has 0 aliphatic rings. The molecular weight excluding hydrogens is 414 g/mol. The van der Waals surface area contributed by atoms with E-state index in [1.807, 2.05) is 41.8 Å². The van der Waals surface area contributed by atoms with E-state index in [1.54, 1.807) is 23.5 Å². The Balaban J connectivity index is 1.75. The number of hydrogen-bond donors (Lipinski definition) is 3. The van der Waals surface area contributed by atoms with Crippen molar-refractivity contribution in [2.45, 2.75) is 12.5 Å². The molecule has 3 rings (SSSR count). The SMILES string of the molecule is CC(N)(CO)C(=O)Nc1ccc(-c2csc(-c3ccc(Br)cc3)n2)cc1. The van der Waals surface area contributed by atoms with Crippen LogP contribution in [0.5, 0.6) is 0 Å². The first-order valence-electron chi connectivity index (χ1n) is 7.92. The second kappa shape index (κ2) is 7.67. The molecule has 2 aromatic carbocycles. The summed E-state index contributed by atoms with van der Waals surface area (Å²) in [4.78, 5) is 16.7. The predicted octanol–water partition coefficient (Wildman–Crippen LogP) is 3.89. The van der Waals surface area contributed by atoms with Gasteiger partial charge in [0.2, 0.25) is 5.91 Å². The molecule has 1 aromatic heterocycles. The van der Waals surface area contributed by atoms with Gasteiger partial charge in [0.25, 0.3) is 0 Å². The fraction of sp³-hybridized carbons (Fsp3) is 0.158. The van der Waals surface area contributed by atoms with E-state index >= 15 is 0 Å². The van der Waals surface area contributed by atoms with E-state index in [0.717, 1.165) is 26.3 Å². The summed E-state index contributed by atoms with van der Waals surface area (Å²) in [5, 5.41) is 14.8. The van der Waals surface area contributed by atoms with Crippen molar-refractivity contribution in [1.82, 2.24) is 4.98 Å². The van der Waals surface area contributed by atoms with Crippen LogP contribution in [0, 0.1) is 0 Å². The van der Waals surface area contributed by atoms with Crippen LogP contribution >= 0.6 is 27.3 Å². The Kier molecular flexibility index (Phi) is 5.52. The van der Waals surface area contributed by atoms with Gasteiger partial charge in [-0.25, -0.2) is 4.98 Å². The number of rotatable bonds is 5. The molecule has 3 aromatic rings. The van der Waals surface area contributed by atoms with Crippen LogP contribution in [0.25, 0.3) is 21.8 Å². The van der Waals surface area contributed by atoms with Crippen molar-refractivity contribution in [3.8, 4) is 21.8 Å². The molecule has 0 saturated carbocycles. The van der Waals surface area contributed by atoms with Crippen molar-refractivity contribution in [3.05, 3.63) is 58.4 Å². The molecule has 0 saturated heterocycles. The van der Waals surface area contributed by atoms with E-state index in [0.29, 0.717) is 5.69 Å².